The number of phenolic OH excluding ortho intramolecular Hbond substituents is 1. The molecular formula is C18H16O4. The highest BCUT2D eigenvalue weighted by atomic mass is 16.5. The molecule has 0 bridgehead atoms. The molecule has 0 unspecified atom stereocenters. The summed E-state index contributed by atoms with van der Waals surface area (Å²) in [5, 5.41) is 9.95. The van der Waals surface area contributed by atoms with Crippen LogP contribution in [-0.2, 0) is 6.42 Å². The van der Waals surface area contributed by atoms with Gasteiger partial charge in [0.25, 0.3) is 0 Å². The molecule has 2 aromatic carbocycles. The van der Waals surface area contributed by atoms with E-state index in [1.807, 2.05) is 25.1 Å². The van der Waals surface area contributed by atoms with E-state index in [1.54, 1.807) is 18.2 Å². The summed E-state index contributed by atoms with van der Waals surface area (Å²) in [5.74, 6) is 1.36. The quantitative estimate of drug-likeness (QED) is 0.782. The predicted octanol–water partition coefficient (Wildman–Crippen LogP) is 4.24. The summed E-state index contributed by atoms with van der Waals surface area (Å²) in [5.41, 5.74) is 0.141. The maximum Gasteiger partial charge on any atom is 0.235 e. The molecule has 0 aliphatic carbocycles. The first-order valence-electron chi connectivity index (χ1n) is 7.20. The molecule has 112 valence electrons. The first-order valence-corrected chi connectivity index (χ1v) is 7.20. The molecule has 3 rings (SSSR count). The van der Waals surface area contributed by atoms with Crippen LogP contribution in [0.1, 0.15) is 19.1 Å². The number of fused-ring (bicyclic) bond motifs is 1. The maximum atomic E-state index is 12.7. The van der Waals surface area contributed by atoms with Gasteiger partial charge in [-0.25, -0.2) is 0 Å². The lowest BCUT2D eigenvalue weighted by atomic mass is 10.1. The Morgan fingerprint density at radius 2 is 1.91 bits per heavy atom. The first kappa shape index (κ1) is 14.2. The van der Waals surface area contributed by atoms with Gasteiger partial charge in [-0.1, -0.05) is 25.1 Å². The van der Waals surface area contributed by atoms with Crippen LogP contribution in [-0.4, -0.2) is 5.11 Å². The molecule has 1 N–H and O–H groups in total. The summed E-state index contributed by atoms with van der Waals surface area (Å²) in [4.78, 5) is 12.7. The fraction of sp³-hybridized carbons (Fsp3) is 0.167. The van der Waals surface area contributed by atoms with Crippen molar-refractivity contribution in [1.82, 2.24) is 0 Å². The van der Waals surface area contributed by atoms with Gasteiger partial charge >= 0.3 is 0 Å². The van der Waals surface area contributed by atoms with Crippen LogP contribution in [0, 0.1) is 0 Å². The Balaban J connectivity index is 2.18. The molecule has 0 saturated heterocycles. The van der Waals surface area contributed by atoms with Gasteiger partial charge in [-0.3, -0.25) is 4.79 Å². The summed E-state index contributed by atoms with van der Waals surface area (Å²) in [6, 6.07) is 13.6. The minimum atomic E-state index is -0.228. The largest absolute Gasteiger partial charge is 0.508 e. The van der Waals surface area contributed by atoms with E-state index < -0.39 is 0 Å². The molecule has 0 fully saturated rings. The second kappa shape index (κ2) is 5.93. The van der Waals surface area contributed by atoms with Gasteiger partial charge in [0.05, 0.1) is 5.39 Å². The average Bonchev–Trinajstić information content (AvgIpc) is 2.52. The predicted molar refractivity (Wildman–Crippen MR) is 84.7 cm³/mol. The second-order valence-electron chi connectivity index (χ2n) is 5.03. The van der Waals surface area contributed by atoms with Crippen LogP contribution in [0.3, 0.4) is 0 Å². The highest BCUT2D eigenvalue weighted by Crippen LogP contribution is 2.28. The Morgan fingerprint density at radius 3 is 2.64 bits per heavy atom. The number of benzene rings is 2. The zero-order chi connectivity index (χ0) is 15.5. The Labute approximate surface area is 127 Å². The number of rotatable bonds is 4. The Bertz CT molecular complexity index is 850. The van der Waals surface area contributed by atoms with Crippen molar-refractivity contribution in [2.24, 2.45) is 0 Å². The van der Waals surface area contributed by atoms with Gasteiger partial charge in [0.2, 0.25) is 11.2 Å². The SMILES string of the molecule is CCCc1oc2cc(O)ccc2c(=O)c1Oc1ccccc1. The van der Waals surface area contributed by atoms with Gasteiger partial charge in [0.15, 0.2) is 5.76 Å². The van der Waals surface area contributed by atoms with E-state index in [1.165, 1.54) is 12.1 Å². The standard InChI is InChI=1S/C18H16O4/c1-2-6-15-18(21-13-7-4-3-5-8-13)17(20)14-10-9-12(19)11-16(14)22-15/h3-5,7-11,19H,2,6H2,1H3. The number of para-hydroxylation sites is 1. The van der Waals surface area contributed by atoms with Gasteiger partial charge in [-0.15, -0.1) is 0 Å². The molecule has 0 spiro atoms. The molecule has 0 saturated carbocycles. The minimum absolute atomic E-state index is 0.0647. The lowest BCUT2D eigenvalue weighted by Crippen LogP contribution is -2.09. The Kier molecular flexibility index (Phi) is 3.83. The van der Waals surface area contributed by atoms with Crippen molar-refractivity contribution in [2.75, 3.05) is 0 Å². The number of hydrogen-bond acceptors (Lipinski definition) is 4. The van der Waals surface area contributed by atoms with E-state index in [9.17, 15) is 9.90 Å². The summed E-state index contributed by atoms with van der Waals surface area (Å²) in [6.45, 7) is 2.00. The van der Waals surface area contributed by atoms with E-state index in [-0.39, 0.29) is 16.9 Å². The molecule has 0 amide bonds. The Morgan fingerprint density at radius 1 is 1.14 bits per heavy atom. The molecule has 0 aliphatic heterocycles. The lowest BCUT2D eigenvalue weighted by molar-refractivity contribution is 0.423. The summed E-state index contributed by atoms with van der Waals surface area (Å²) in [6.07, 6.45) is 1.40. The Hall–Kier alpha value is -2.75. The van der Waals surface area contributed by atoms with Gasteiger partial charge in [0.1, 0.15) is 17.1 Å². The van der Waals surface area contributed by atoms with Gasteiger partial charge < -0.3 is 14.3 Å². The fourth-order valence-corrected chi connectivity index (χ4v) is 2.31. The summed E-state index contributed by atoms with van der Waals surface area (Å²) < 4.78 is 11.5. The molecule has 0 radical (unpaired) electrons. The number of aromatic hydroxyl groups is 1. The summed E-state index contributed by atoms with van der Waals surface area (Å²) in [7, 11) is 0. The van der Waals surface area contributed by atoms with Crippen molar-refractivity contribution in [1.29, 1.82) is 0 Å². The second-order valence-corrected chi connectivity index (χ2v) is 5.03. The molecule has 3 aromatic rings. The van der Waals surface area contributed by atoms with Crippen LogP contribution < -0.4 is 10.2 Å². The molecule has 0 aliphatic rings. The van der Waals surface area contributed by atoms with Crippen LogP contribution in [0.25, 0.3) is 11.0 Å². The van der Waals surface area contributed by atoms with Crippen molar-refractivity contribution < 1.29 is 14.3 Å². The van der Waals surface area contributed by atoms with Crippen LogP contribution in [0.5, 0.6) is 17.2 Å². The van der Waals surface area contributed by atoms with E-state index >= 15 is 0 Å². The third-order valence-corrected chi connectivity index (χ3v) is 3.34. The summed E-state index contributed by atoms with van der Waals surface area (Å²) >= 11 is 0. The van der Waals surface area contributed by atoms with Crippen LogP contribution in [0.2, 0.25) is 0 Å². The van der Waals surface area contributed by atoms with Gasteiger partial charge in [-0.2, -0.15) is 0 Å². The van der Waals surface area contributed by atoms with Crippen molar-refractivity contribution >= 4 is 11.0 Å². The number of phenols is 1. The zero-order valence-electron chi connectivity index (χ0n) is 12.2. The third kappa shape index (κ3) is 2.68. The molecule has 0 atom stereocenters. The molecule has 4 nitrogen and oxygen atoms in total. The van der Waals surface area contributed by atoms with E-state index in [0.717, 1.165) is 6.42 Å². The smallest absolute Gasteiger partial charge is 0.235 e. The van der Waals surface area contributed by atoms with Gasteiger partial charge in [-0.05, 0) is 30.7 Å². The molecule has 4 heteroatoms. The van der Waals surface area contributed by atoms with Crippen LogP contribution in [0.4, 0.5) is 0 Å². The molecular weight excluding hydrogens is 280 g/mol. The van der Waals surface area contributed by atoms with Gasteiger partial charge in [0, 0.05) is 12.5 Å². The third-order valence-electron chi connectivity index (χ3n) is 3.34. The highest BCUT2D eigenvalue weighted by molar-refractivity contribution is 5.79. The first-order chi connectivity index (χ1) is 10.7. The number of hydrogen-bond donors (Lipinski definition) is 1. The zero-order valence-corrected chi connectivity index (χ0v) is 12.2. The minimum Gasteiger partial charge on any atom is -0.508 e. The van der Waals surface area contributed by atoms with Crippen LogP contribution in [0.15, 0.2) is 57.7 Å². The maximum absolute atomic E-state index is 12.7. The van der Waals surface area contributed by atoms with Crippen molar-refractivity contribution in [3.05, 3.63) is 64.5 Å². The fourth-order valence-electron chi connectivity index (χ4n) is 2.31. The normalized spacial score (nSPS) is 10.8. The monoisotopic (exact) mass is 296 g/mol. The topological polar surface area (TPSA) is 59.7 Å². The lowest BCUT2D eigenvalue weighted by Gasteiger charge is -2.10. The molecule has 1 aromatic heterocycles. The average molecular weight is 296 g/mol. The molecule has 22 heavy (non-hydrogen) atoms. The van der Waals surface area contributed by atoms with E-state index in [2.05, 4.69) is 0 Å². The van der Waals surface area contributed by atoms with Crippen LogP contribution >= 0.6 is 0 Å². The van der Waals surface area contributed by atoms with Crippen molar-refractivity contribution in [3.63, 3.8) is 0 Å². The van der Waals surface area contributed by atoms with Crippen molar-refractivity contribution in [2.45, 2.75) is 19.8 Å². The highest BCUT2D eigenvalue weighted by Gasteiger charge is 2.16. The van der Waals surface area contributed by atoms with Crippen molar-refractivity contribution in [3.8, 4) is 17.2 Å². The number of ether oxygens (including phenoxy) is 1. The van der Waals surface area contributed by atoms with E-state index in [0.29, 0.717) is 28.9 Å². The number of aryl methyl sites for hydroxylation is 1. The molecule has 1 heterocycles. The van der Waals surface area contributed by atoms with E-state index in [4.69, 9.17) is 9.15 Å².